The molecule has 1 aromatic heterocycles. The van der Waals surface area contributed by atoms with Gasteiger partial charge in [0.15, 0.2) is 5.82 Å². The molecule has 0 saturated carbocycles. The SMILES string of the molecule is CCC(=O)Nc1c(Cl)cnn1-c1ccc(Cl)c(Cl)c1Cl. The van der Waals surface area contributed by atoms with Crippen LogP contribution in [0.1, 0.15) is 13.3 Å². The van der Waals surface area contributed by atoms with E-state index < -0.39 is 0 Å². The first-order chi connectivity index (χ1) is 9.45. The lowest BCUT2D eigenvalue weighted by atomic mass is 10.3. The summed E-state index contributed by atoms with van der Waals surface area (Å²) in [5.41, 5.74) is 0.472. The van der Waals surface area contributed by atoms with Gasteiger partial charge < -0.3 is 5.32 Å². The molecule has 0 aliphatic heterocycles. The molecule has 0 aliphatic carbocycles. The minimum absolute atomic E-state index is 0.190. The number of hydrogen-bond donors (Lipinski definition) is 1. The van der Waals surface area contributed by atoms with Crippen LogP contribution in [0.25, 0.3) is 5.69 Å². The van der Waals surface area contributed by atoms with Crippen LogP contribution in [0.15, 0.2) is 18.3 Å². The van der Waals surface area contributed by atoms with Crippen LogP contribution >= 0.6 is 46.4 Å². The number of amides is 1. The Morgan fingerprint density at radius 1 is 1.20 bits per heavy atom. The Morgan fingerprint density at radius 2 is 1.90 bits per heavy atom. The number of nitrogens with zero attached hydrogens (tertiary/aromatic N) is 2. The van der Waals surface area contributed by atoms with E-state index in [1.807, 2.05) is 0 Å². The summed E-state index contributed by atoms with van der Waals surface area (Å²) in [6.07, 6.45) is 1.72. The number of carbonyl (C=O) groups excluding carboxylic acids is 1. The maximum absolute atomic E-state index is 11.5. The Hall–Kier alpha value is -0.940. The predicted octanol–water partition coefficient (Wildman–Crippen LogP) is 4.83. The number of halogens is 4. The van der Waals surface area contributed by atoms with Gasteiger partial charge in [-0.05, 0) is 12.1 Å². The topological polar surface area (TPSA) is 46.9 Å². The number of aromatic nitrogens is 2. The van der Waals surface area contributed by atoms with Gasteiger partial charge >= 0.3 is 0 Å². The first-order valence-electron chi connectivity index (χ1n) is 5.63. The van der Waals surface area contributed by atoms with Crippen molar-refractivity contribution < 1.29 is 4.79 Å². The maximum atomic E-state index is 11.5. The van der Waals surface area contributed by atoms with Crippen LogP contribution < -0.4 is 5.32 Å². The average molecular weight is 353 g/mol. The molecule has 0 bridgehead atoms. The van der Waals surface area contributed by atoms with Gasteiger partial charge in [0.2, 0.25) is 5.91 Å². The summed E-state index contributed by atoms with van der Waals surface area (Å²) in [5.74, 6) is 0.142. The van der Waals surface area contributed by atoms with Crippen molar-refractivity contribution in [1.29, 1.82) is 0 Å². The fraction of sp³-hybridized carbons (Fsp3) is 0.167. The fourth-order valence-electron chi connectivity index (χ4n) is 1.52. The second-order valence-corrected chi connectivity index (χ2v) is 5.42. The van der Waals surface area contributed by atoms with E-state index in [0.29, 0.717) is 28.0 Å². The van der Waals surface area contributed by atoms with E-state index in [2.05, 4.69) is 10.4 Å². The molecule has 20 heavy (non-hydrogen) atoms. The van der Waals surface area contributed by atoms with E-state index in [1.54, 1.807) is 19.1 Å². The highest BCUT2D eigenvalue weighted by atomic mass is 35.5. The molecular formula is C12H9Cl4N3O. The van der Waals surface area contributed by atoms with Crippen molar-refractivity contribution in [2.24, 2.45) is 0 Å². The summed E-state index contributed by atoms with van der Waals surface area (Å²) in [4.78, 5) is 11.5. The molecule has 1 aromatic carbocycles. The number of nitrogens with one attached hydrogen (secondary N) is 1. The summed E-state index contributed by atoms with van der Waals surface area (Å²) in [6, 6.07) is 3.23. The van der Waals surface area contributed by atoms with E-state index in [-0.39, 0.29) is 16.0 Å². The summed E-state index contributed by atoms with van der Waals surface area (Å²) < 4.78 is 1.40. The summed E-state index contributed by atoms with van der Waals surface area (Å²) in [5, 5.41) is 7.82. The number of hydrogen-bond acceptors (Lipinski definition) is 2. The highest BCUT2D eigenvalue weighted by molar-refractivity contribution is 6.48. The monoisotopic (exact) mass is 351 g/mol. The van der Waals surface area contributed by atoms with Gasteiger partial charge in [-0.15, -0.1) is 0 Å². The normalized spacial score (nSPS) is 10.7. The van der Waals surface area contributed by atoms with Crippen LogP contribution in [-0.2, 0) is 4.79 Å². The Bertz CT molecular complexity index is 669. The molecule has 0 fully saturated rings. The van der Waals surface area contributed by atoms with Gasteiger partial charge in [0.05, 0.1) is 27.0 Å². The average Bonchev–Trinajstić information content (AvgIpc) is 2.78. The van der Waals surface area contributed by atoms with E-state index in [1.165, 1.54) is 10.9 Å². The maximum Gasteiger partial charge on any atom is 0.225 e. The summed E-state index contributed by atoms with van der Waals surface area (Å²) >= 11 is 24.1. The third-order valence-corrected chi connectivity index (χ3v) is 4.11. The molecule has 0 saturated heterocycles. The fourth-order valence-corrected chi connectivity index (χ4v) is 2.30. The highest BCUT2D eigenvalue weighted by Crippen LogP contribution is 2.36. The lowest BCUT2D eigenvalue weighted by Gasteiger charge is -2.11. The highest BCUT2D eigenvalue weighted by Gasteiger charge is 2.17. The molecule has 2 aromatic rings. The van der Waals surface area contributed by atoms with Crippen molar-refractivity contribution in [2.45, 2.75) is 13.3 Å². The van der Waals surface area contributed by atoms with Crippen LogP contribution in [0, 0.1) is 0 Å². The first kappa shape index (κ1) is 15.4. The Labute approximate surface area is 135 Å². The zero-order valence-electron chi connectivity index (χ0n) is 10.3. The molecule has 8 heteroatoms. The molecular weight excluding hydrogens is 344 g/mol. The van der Waals surface area contributed by atoms with Gasteiger partial charge in [0, 0.05) is 6.42 Å². The van der Waals surface area contributed by atoms with Crippen LogP contribution in [0.3, 0.4) is 0 Å². The van der Waals surface area contributed by atoms with Crippen molar-refractivity contribution >= 4 is 58.1 Å². The zero-order chi connectivity index (χ0) is 14.9. The minimum Gasteiger partial charge on any atom is -0.309 e. The zero-order valence-corrected chi connectivity index (χ0v) is 13.3. The molecule has 0 atom stereocenters. The Kier molecular flexibility index (Phi) is 4.81. The number of carbonyl (C=O) groups is 1. The second-order valence-electron chi connectivity index (χ2n) is 3.85. The van der Waals surface area contributed by atoms with Crippen molar-refractivity contribution in [1.82, 2.24) is 9.78 Å². The molecule has 0 radical (unpaired) electrons. The lowest BCUT2D eigenvalue weighted by molar-refractivity contribution is -0.115. The third kappa shape index (κ3) is 2.88. The number of rotatable bonds is 3. The number of anilines is 1. The molecule has 1 amide bonds. The van der Waals surface area contributed by atoms with E-state index >= 15 is 0 Å². The van der Waals surface area contributed by atoms with Gasteiger partial charge in [-0.2, -0.15) is 5.10 Å². The van der Waals surface area contributed by atoms with Crippen LogP contribution in [0.4, 0.5) is 5.82 Å². The second kappa shape index (κ2) is 6.22. The Morgan fingerprint density at radius 3 is 2.55 bits per heavy atom. The molecule has 1 heterocycles. The first-order valence-corrected chi connectivity index (χ1v) is 7.14. The molecule has 4 nitrogen and oxygen atoms in total. The van der Waals surface area contributed by atoms with Crippen LogP contribution in [0.5, 0.6) is 0 Å². The molecule has 0 spiro atoms. The molecule has 0 unspecified atom stereocenters. The largest absolute Gasteiger partial charge is 0.309 e. The third-order valence-electron chi connectivity index (χ3n) is 2.55. The molecule has 0 aliphatic rings. The standard InChI is InChI=1S/C12H9Cl4N3O/c1-2-9(20)18-12-7(14)5-17-19(12)8-4-3-6(13)10(15)11(8)16/h3-5H,2H2,1H3,(H,18,20). The lowest BCUT2D eigenvalue weighted by Crippen LogP contribution is -2.14. The quantitative estimate of drug-likeness (QED) is 0.804. The van der Waals surface area contributed by atoms with E-state index in [9.17, 15) is 4.79 Å². The Balaban J connectivity index is 2.54. The van der Waals surface area contributed by atoms with Gasteiger partial charge in [-0.1, -0.05) is 53.3 Å². The van der Waals surface area contributed by atoms with Crippen LogP contribution in [0.2, 0.25) is 20.1 Å². The number of benzene rings is 1. The van der Waals surface area contributed by atoms with E-state index in [0.717, 1.165) is 0 Å². The molecule has 106 valence electrons. The van der Waals surface area contributed by atoms with Crippen molar-refractivity contribution in [3.63, 3.8) is 0 Å². The van der Waals surface area contributed by atoms with E-state index in [4.69, 9.17) is 46.4 Å². The van der Waals surface area contributed by atoms with Gasteiger partial charge in [-0.3, -0.25) is 4.79 Å². The van der Waals surface area contributed by atoms with Gasteiger partial charge in [0.25, 0.3) is 0 Å². The van der Waals surface area contributed by atoms with Gasteiger partial charge in [0.1, 0.15) is 5.02 Å². The summed E-state index contributed by atoms with van der Waals surface area (Å²) in [6.45, 7) is 1.73. The summed E-state index contributed by atoms with van der Waals surface area (Å²) in [7, 11) is 0. The van der Waals surface area contributed by atoms with Crippen molar-refractivity contribution in [3.05, 3.63) is 38.4 Å². The minimum atomic E-state index is -0.190. The van der Waals surface area contributed by atoms with Crippen molar-refractivity contribution in [3.8, 4) is 5.69 Å². The predicted molar refractivity (Wildman–Crippen MR) is 82.5 cm³/mol. The van der Waals surface area contributed by atoms with Crippen LogP contribution in [-0.4, -0.2) is 15.7 Å². The van der Waals surface area contributed by atoms with Crippen molar-refractivity contribution in [2.75, 3.05) is 5.32 Å². The van der Waals surface area contributed by atoms with Gasteiger partial charge in [-0.25, -0.2) is 4.68 Å². The smallest absolute Gasteiger partial charge is 0.225 e. The molecule has 1 N–H and O–H groups in total. The molecule has 2 rings (SSSR count).